The van der Waals surface area contributed by atoms with Gasteiger partial charge in [0.25, 0.3) is 0 Å². The molecule has 2 N–H and O–H groups in total. The molecular formula is C36H34ClFN4O5S. The first-order valence-corrected chi connectivity index (χ1v) is 17.3. The maximum atomic E-state index is 13.6. The van der Waals surface area contributed by atoms with E-state index in [-0.39, 0.29) is 35.7 Å². The van der Waals surface area contributed by atoms with Crippen LogP contribution in [0, 0.1) is 5.82 Å². The van der Waals surface area contributed by atoms with Crippen LogP contribution in [0.15, 0.2) is 108 Å². The summed E-state index contributed by atoms with van der Waals surface area (Å²) < 4.78 is 57.4. The Bertz CT molecular complexity index is 2060. The molecule has 248 valence electrons. The summed E-state index contributed by atoms with van der Waals surface area (Å²) in [4.78, 5) is 9.29. The van der Waals surface area contributed by atoms with E-state index in [0.717, 1.165) is 5.56 Å². The molecule has 0 radical (unpaired) electrons. The van der Waals surface area contributed by atoms with Crippen molar-refractivity contribution in [1.82, 2.24) is 15.3 Å². The average Bonchev–Trinajstić information content (AvgIpc) is 3.59. The van der Waals surface area contributed by atoms with Crippen molar-refractivity contribution in [3.8, 4) is 11.5 Å². The fraction of sp³-hybridized carbons (Fsp3) is 0.222. The van der Waals surface area contributed by atoms with Gasteiger partial charge in [-0.3, -0.25) is 0 Å². The smallest absolute Gasteiger partial charge is 0.179 e. The Hall–Kier alpha value is -4.71. The molecule has 4 aromatic carbocycles. The van der Waals surface area contributed by atoms with Crippen molar-refractivity contribution < 1.29 is 27.0 Å². The summed E-state index contributed by atoms with van der Waals surface area (Å²) in [6.45, 7) is 2.35. The maximum Gasteiger partial charge on any atom is 0.179 e. The third kappa shape index (κ3) is 7.08. The number of nitrogens with one attached hydrogen (secondary N) is 2. The lowest BCUT2D eigenvalue weighted by Gasteiger charge is -2.37. The van der Waals surface area contributed by atoms with Crippen molar-refractivity contribution in [3.63, 3.8) is 0 Å². The van der Waals surface area contributed by atoms with Crippen molar-refractivity contribution in [2.75, 3.05) is 24.7 Å². The minimum absolute atomic E-state index is 0.0706. The first kappa shape index (κ1) is 33.2. The summed E-state index contributed by atoms with van der Waals surface area (Å²) in [6, 6.07) is 23.4. The van der Waals surface area contributed by atoms with Crippen LogP contribution in [-0.4, -0.2) is 43.8 Å². The molecule has 2 atom stereocenters. The van der Waals surface area contributed by atoms with Crippen LogP contribution < -0.4 is 20.1 Å². The molecule has 0 fully saturated rings. The minimum atomic E-state index is -3.46. The summed E-state index contributed by atoms with van der Waals surface area (Å²) in [5, 5.41) is 7.81. The highest BCUT2D eigenvalue weighted by molar-refractivity contribution is 7.91. The van der Waals surface area contributed by atoms with E-state index in [2.05, 4.69) is 20.6 Å². The molecule has 2 unspecified atom stereocenters. The molecule has 1 aliphatic rings. The van der Waals surface area contributed by atoms with Gasteiger partial charge >= 0.3 is 0 Å². The summed E-state index contributed by atoms with van der Waals surface area (Å²) in [6.07, 6.45) is 5.58. The quantitative estimate of drug-likeness (QED) is 0.131. The molecule has 0 bridgehead atoms. The number of anilines is 2. The Morgan fingerprint density at radius 2 is 1.85 bits per heavy atom. The molecule has 0 spiro atoms. The molecule has 12 heteroatoms. The highest BCUT2D eigenvalue weighted by atomic mass is 35.5. The normalized spacial score (nSPS) is 16.4. The van der Waals surface area contributed by atoms with E-state index in [0.29, 0.717) is 50.9 Å². The number of fused-ring (bicyclic) bond motifs is 1. The lowest BCUT2D eigenvalue weighted by atomic mass is 9.83. The Morgan fingerprint density at radius 1 is 1.02 bits per heavy atom. The number of aromatic nitrogens is 2. The van der Waals surface area contributed by atoms with Crippen molar-refractivity contribution in [3.05, 3.63) is 126 Å². The molecule has 48 heavy (non-hydrogen) atoms. The molecule has 0 saturated heterocycles. The molecular weight excluding hydrogens is 655 g/mol. The predicted molar refractivity (Wildman–Crippen MR) is 184 cm³/mol. The number of sulfone groups is 1. The van der Waals surface area contributed by atoms with Crippen molar-refractivity contribution in [2.24, 2.45) is 0 Å². The first-order chi connectivity index (χ1) is 23.2. The van der Waals surface area contributed by atoms with Gasteiger partial charge in [-0.15, -0.1) is 0 Å². The summed E-state index contributed by atoms with van der Waals surface area (Å²) >= 11 is 6.56. The van der Waals surface area contributed by atoms with Gasteiger partial charge in [-0.1, -0.05) is 41.9 Å². The van der Waals surface area contributed by atoms with Gasteiger partial charge in [0.05, 0.1) is 34.6 Å². The lowest BCUT2D eigenvalue weighted by molar-refractivity contribution is 0.00695. The zero-order valence-corrected chi connectivity index (χ0v) is 27.9. The fourth-order valence-electron chi connectivity index (χ4n) is 5.75. The molecule has 0 amide bonds. The zero-order valence-electron chi connectivity index (χ0n) is 26.3. The second-order valence-corrected chi connectivity index (χ2v) is 13.9. The highest BCUT2D eigenvalue weighted by Crippen LogP contribution is 2.44. The van der Waals surface area contributed by atoms with Crippen molar-refractivity contribution in [1.29, 1.82) is 0 Å². The topological polar surface area (TPSA) is 112 Å². The van der Waals surface area contributed by atoms with Crippen LogP contribution in [0.5, 0.6) is 11.5 Å². The van der Waals surface area contributed by atoms with E-state index in [9.17, 15) is 12.8 Å². The number of nitrogens with zero attached hydrogens (tertiary/aromatic N) is 2. The van der Waals surface area contributed by atoms with Crippen LogP contribution in [0.1, 0.15) is 24.5 Å². The minimum Gasteiger partial charge on any atom is -0.496 e. The lowest BCUT2D eigenvalue weighted by Crippen LogP contribution is -2.47. The molecule has 5 aromatic rings. The van der Waals surface area contributed by atoms with E-state index in [1.54, 1.807) is 68.0 Å². The summed E-state index contributed by atoms with van der Waals surface area (Å²) in [7, 11) is -1.88. The number of halogens is 2. The predicted octanol–water partition coefficient (Wildman–Crippen LogP) is 7.33. The van der Waals surface area contributed by atoms with Gasteiger partial charge in [-0.2, -0.15) is 0 Å². The largest absolute Gasteiger partial charge is 0.496 e. The SMILES string of the molecule is COc1cc2ncnc(Nc3ccc(OCc4cccc(F)c4)c(Cl)c3)c2cc1C1(C(C)NCCS(=O)(=O)c2ccccc2)CC=CO1. The molecule has 1 aliphatic heterocycles. The molecule has 0 aliphatic carbocycles. The second kappa shape index (κ2) is 14.2. The molecule has 6 rings (SSSR count). The van der Waals surface area contributed by atoms with Crippen LogP contribution in [0.4, 0.5) is 15.9 Å². The highest BCUT2D eigenvalue weighted by Gasteiger charge is 2.43. The van der Waals surface area contributed by atoms with E-state index in [1.807, 2.05) is 31.2 Å². The average molecular weight is 689 g/mol. The molecule has 9 nitrogen and oxygen atoms in total. The van der Waals surface area contributed by atoms with Gasteiger partial charge in [0.15, 0.2) is 15.4 Å². The van der Waals surface area contributed by atoms with E-state index in [4.69, 9.17) is 25.8 Å². The summed E-state index contributed by atoms with van der Waals surface area (Å²) in [5.74, 6) is 1.16. The number of hydrogen-bond acceptors (Lipinski definition) is 9. The maximum absolute atomic E-state index is 13.6. The second-order valence-electron chi connectivity index (χ2n) is 11.4. The fourth-order valence-corrected chi connectivity index (χ4v) is 7.18. The van der Waals surface area contributed by atoms with Gasteiger partial charge < -0.3 is 24.8 Å². The Labute approximate surface area is 283 Å². The van der Waals surface area contributed by atoms with Gasteiger partial charge in [-0.25, -0.2) is 22.8 Å². The van der Waals surface area contributed by atoms with Gasteiger partial charge in [0, 0.05) is 41.7 Å². The van der Waals surface area contributed by atoms with Crippen molar-refractivity contribution in [2.45, 2.75) is 36.5 Å². The zero-order chi connectivity index (χ0) is 33.7. The number of methoxy groups -OCH3 is 1. The Morgan fingerprint density at radius 3 is 2.58 bits per heavy atom. The molecule has 1 aromatic heterocycles. The standard InChI is InChI=1S/C36H34ClFN4O5S/c1-24(39-15-17-48(43,44)28-10-4-3-5-11-28)36(14-7-16-47-36)30-20-29-32(21-34(30)45-2)40-23-41-35(29)42-27-12-13-33(31(37)19-27)46-22-25-8-6-9-26(38)18-25/h3-13,16,18-21,23-24,39H,14-15,17,22H2,1-2H3,(H,40,41,42). The van der Waals surface area contributed by atoms with Crippen molar-refractivity contribution >= 4 is 43.8 Å². The van der Waals surface area contributed by atoms with Crippen LogP contribution in [0.3, 0.4) is 0 Å². The molecule has 2 heterocycles. The van der Waals surface area contributed by atoms with Gasteiger partial charge in [-0.05, 0) is 67.1 Å². The van der Waals surface area contributed by atoms with Crippen LogP contribution in [0.2, 0.25) is 5.02 Å². The number of ether oxygens (including phenoxy) is 3. The first-order valence-electron chi connectivity index (χ1n) is 15.3. The van der Waals surface area contributed by atoms with E-state index in [1.165, 1.54) is 18.5 Å². The number of rotatable bonds is 13. The number of hydrogen-bond donors (Lipinski definition) is 2. The van der Waals surface area contributed by atoms with Crippen LogP contribution in [-0.2, 0) is 26.8 Å². The number of benzene rings is 4. The summed E-state index contributed by atoms with van der Waals surface area (Å²) in [5.41, 5.74) is 1.86. The van der Waals surface area contributed by atoms with E-state index < -0.39 is 15.4 Å². The van der Waals surface area contributed by atoms with Gasteiger partial charge in [0.1, 0.15) is 36.1 Å². The molecule has 0 saturated carbocycles. The Kier molecular flexibility index (Phi) is 9.81. The third-order valence-corrected chi connectivity index (χ3v) is 10.3. The van der Waals surface area contributed by atoms with E-state index >= 15 is 0 Å². The van der Waals surface area contributed by atoms with Crippen LogP contribution in [0.25, 0.3) is 10.9 Å². The monoisotopic (exact) mass is 688 g/mol. The van der Waals surface area contributed by atoms with Gasteiger partial charge in [0.2, 0.25) is 0 Å². The third-order valence-electron chi connectivity index (χ3n) is 8.31. The van der Waals surface area contributed by atoms with Crippen LogP contribution >= 0.6 is 11.6 Å². The Balaban J connectivity index is 1.24.